The predicted octanol–water partition coefficient (Wildman–Crippen LogP) is 2.56. The Kier molecular flexibility index (Phi) is 6.72. The predicted molar refractivity (Wildman–Crippen MR) is 80.5 cm³/mol. The lowest BCUT2D eigenvalue weighted by Crippen LogP contribution is -2.29. The highest BCUT2D eigenvalue weighted by atomic mass is 16.5. The van der Waals surface area contributed by atoms with Gasteiger partial charge in [-0.2, -0.15) is 0 Å². The number of hydrogen-bond acceptors (Lipinski definition) is 3. The Morgan fingerprint density at radius 1 is 1.29 bits per heavy atom. The molecule has 0 heterocycles. The molecule has 1 amide bonds. The third-order valence-corrected chi connectivity index (χ3v) is 2.81. The summed E-state index contributed by atoms with van der Waals surface area (Å²) < 4.78 is 5.58. The van der Waals surface area contributed by atoms with Gasteiger partial charge in [0, 0.05) is 18.5 Å². The van der Waals surface area contributed by atoms with Crippen LogP contribution >= 0.6 is 0 Å². The number of nitrogens with one attached hydrogen (secondary N) is 1. The lowest BCUT2D eigenvalue weighted by Gasteiger charge is -2.12. The smallest absolute Gasteiger partial charge is 0.303 e. The Morgan fingerprint density at radius 2 is 2.00 bits per heavy atom. The number of hydrogen-bond donors (Lipinski definition) is 2. The first kappa shape index (κ1) is 17.0. The quantitative estimate of drug-likeness (QED) is 0.772. The zero-order chi connectivity index (χ0) is 15.8. The van der Waals surface area contributed by atoms with Crippen LogP contribution in [0.3, 0.4) is 0 Å². The molecule has 0 spiro atoms. The van der Waals surface area contributed by atoms with Gasteiger partial charge in [0.05, 0.1) is 6.61 Å². The number of ether oxygens (including phenoxy) is 1. The summed E-state index contributed by atoms with van der Waals surface area (Å²) in [5.41, 5.74) is 0.513. The van der Waals surface area contributed by atoms with Crippen LogP contribution < -0.4 is 10.1 Å². The molecule has 0 aliphatic carbocycles. The molecule has 1 atom stereocenters. The van der Waals surface area contributed by atoms with Crippen LogP contribution in [-0.4, -0.2) is 30.1 Å². The average Bonchev–Trinajstić information content (AvgIpc) is 2.42. The number of rotatable bonds is 8. The van der Waals surface area contributed by atoms with Crippen LogP contribution in [0.5, 0.6) is 5.75 Å². The first-order valence-electron chi connectivity index (χ1n) is 7.11. The van der Waals surface area contributed by atoms with Crippen LogP contribution in [0.4, 0.5) is 0 Å². The molecule has 0 radical (unpaired) electrons. The fourth-order valence-corrected chi connectivity index (χ4v) is 1.73. The highest BCUT2D eigenvalue weighted by Gasteiger charge is 2.11. The van der Waals surface area contributed by atoms with Gasteiger partial charge in [0.1, 0.15) is 5.75 Å². The molecule has 1 aromatic rings. The van der Waals surface area contributed by atoms with Crippen LogP contribution in [0.2, 0.25) is 0 Å². The maximum absolute atomic E-state index is 12.0. The Hall–Kier alpha value is -2.04. The van der Waals surface area contributed by atoms with Crippen molar-refractivity contribution in [3.8, 4) is 5.75 Å². The minimum atomic E-state index is -0.860. The fraction of sp³-hybridized carbons (Fsp3) is 0.500. The number of carbonyl (C=O) groups is 2. The van der Waals surface area contributed by atoms with Crippen LogP contribution in [0, 0.1) is 11.8 Å². The van der Waals surface area contributed by atoms with Gasteiger partial charge in [0.25, 0.3) is 5.91 Å². The van der Waals surface area contributed by atoms with E-state index in [2.05, 4.69) is 19.2 Å². The minimum absolute atomic E-state index is 0.0395. The summed E-state index contributed by atoms with van der Waals surface area (Å²) in [6.45, 7) is 6.83. The molecule has 5 heteroatoms. The van der Waals surface area contributed by atoms with Gasteiger partial charge in [-0.25, -0.2) is 0 Å². The molecule has 2 N–H and O–H groups in total. The maximum atomic E-state index is 12.0. The van der Waals surface area contributed by atoms with Gasteiger partial charge >= 0.3 is 5.97 Å². The zero-order valence-corrected chi connectivity index (χ0v) is 12.8. The largest absolute Gasteiger partial charge is 0.493 e. The highest BCUT2D eigenvalue weighted by molar-refractivity contribution is 5.94. The van der Waals surface area contributed by atoms with E-state index in [1.807, 2.05) is 6.07 Å². The first-order chi connectivity index (χ1) is 9.88. The number of benzene rings is 1. The average molecular weight is 293 g/mol. The molecule has 1 rings (SSSR count). The van der Waals surface area contributed by atoms with Gasteiger partial charge in [0.2, 0.25) is 0 Å². The molecule has 0 fully saturated rings. The summed E-state index contributed by atoms with van der Waals surface area (Å²) in [6.07, 6.45) is 0.0395. The van der Waals surface area contributed by atoms with E-state index in [9.17, 15) is 9.59 Å². The van der Waals surface area contributed by atoms with E-state index in [0.29, 0.717) is 30.4 Å². The number of carboxylic acid groups (broad SMARTS) is 1. The van der Waals surface area contributed by atoms with E-state index in [1.165, 1.54) is 0 Å². The Morgan fingerprint density at radius 3 is 2.62 bits per heavy atom. The summed E-state index contributed by atoms with van der Waals surface area (Å²) in [4.78, 5) is 22.6. The van der Waals surface area contributed by atoms with E-state index in [1.54, 1.807) is 25.1 Å². The van der Waals surface area contributed by atoms with Gasteiger partial charge in [-0.05, 0) is 30.0 Å². The van der Waals surface area contributed by atoms with Gasteiger partial charge in [-0.1, -0.05) is 26.8 Å². The lowest BCUT2D eigenvalue weighted by atomic mass is 10.1. The molecule has 0 aliphatic rings. The third-order valence-electron chi connectivity index (χ3n) is 2.81. The Labute approximate surface area is 125 Å². The molecular formula is C16H23NO4. The van der Waals surface area contributed by atoms with Gasteiger partial charge in [-0.3, -0.25) is 9.59 Å². The highest BCUT2D eigenvalue weighted by Crippen LogP contribution is 2.14. The third kappa shape index (κ3) is 6.79. The van der Waals surface area contributed by atoms with Crippen molar-refractivity contribution in [3.05, 3.63) is 29.8 Å². The van der Waals surface area contributed by atoms with Crippen LogP contribution in [0.15, 0.2) is 24.3 Å². The molecule has 21 heavy (non-hydrogen) atoms. The summed E-state index contributed by atoms with van der Waals surface area (Å²) >= 11 is 0. The SMILES string of the molecule is CC(C)COc1cccc(C(=O)NCC(C)CC(=O)O)c1. The Balaban J connectivity index is 2.53. The summed E-state index contributed by atoms with van der Waals surface area (Å²) in [7, 11) is 0. The maximum Gasteiger partial charge on any atom is 0.303 e. The number of carbonyl (C=O) groups excluding carboxylic acids is 1. The minimum Gasteiger partial charge on any atom is -0.493 e. The van der Waals surface area contributed by atoms with Crippen molar-refractivity contribution >= 4 is 11.9 Å². The lowest BCUT2D eigenvalue weighted by molar-refractivity contribution is -0.137. The molecule has 0 aromatic heterocycles. The molecule has 1 aromatic carbocycles. The number of aliphatic carboxylic acids is 1. The van der Waals surface area contributed by atoms with E-state index < -0.39 is 5.97 Å². The molecule has 5 nitrogen and oxygen atoms in total. The normalized spacial score (nSPS) is 12.0. The summed E-state index contributed by atoms with van der Waals surface area (Å²) in [5.74, 6) is -0.107. The molecule has 0 bridgehead atoms. The van der Waals surface area contributed by atoms with Crippen molar-refractivity contribution in [3.63, 3.8) is 0 Å². The number of amides is 1. The van der Waals surface area contributed by atoms with Gasteiger partial charge in [-0.15, -0.1) is 0 Å². The second-order valence-corrected chi connectivity index (χ2v) is 5.65. The van der Waals surface area contributed by atoms with Crippen molar-refractivity contribution in [2.24, 2.45) is 11.8 Å². The zero-order valence-electron chi connectivity index (χ0n) is 12.8. The van der Waals surface area contributed by atoms with Crippen LogP contribution in [0.25, 0.3) is 0 Å². The molecule has 0 aliphatic heterocycles. The van der Waals surface area contributed by atoms with E-state index in [-0.39, 0.29) is 18.2 Å². The number of carboxylic acids is 1. The van der Waals surface area contributed by atoms with Crippen molar-refractivity contribution in [1.82, 2.24) is 5.32 Å². The molecule has 1 unspecified atom stereocenters. The Bertz CT molecular complexity index is 485. The van der Waals surface area contributed by atoms with Crippen molar-refractivity contribution in [2.45, 2.75) is 27.2 Å². The topological polar surface area (TPSA) is 75.6 Å². The van der Waals surface area contributed by atoms with Crippen LogP contribution in [-0.2, 0) is 4.79 Å². The summed E-state index contributed by atoms with van der Waals surface area (Å²) in [6, 6.07) is 6.98. The van der Waals surface area contributed by atoms with E-state index >= 15 is 0 Å². The standard InChI is InChI=1S/C16H23NO4/c1-11(2)10-21-14-6-4-5-13(8-14)16(20)17-9-12(3)7-15(18)19/h4-6,8,11-12H,7,9-10H2,1-3H3,(H,17,20)(H,18,19). The monoisotopic (exact) mass is 293 g/mol. The van der Waals surface area contributed by atoms with E-state index in [0.717, 1.165) is 0 Å². The summed E-state index contributed by atoms with van der Waals surface area (Å²) in [5, 5.41) is 11.4. The van der Waals surface area contributed by atoms with Crippen molar-refractivity contribution < 1.29 is 19.4 Å². The second kappa shape index (κ2) is 8.29. The molecule has 0 saturated heterocycles. The molecular weight excluding hydrogens is 270 g/mol. The fourth-order valence-electron chi connectivity index (χ4n) is 1.73. The van der Waals surface area contributed by atoms with Crippen molar-refractivity contribution in [2.75, 3.05) is 13.2 Å². The van der Waals surface area contributed by atoms with Crippen molar-refractivity contribution in [1.29, 1.82) is 0 Å². The molecule has 0 saturated carbocycles. The van der Waals surface area contributed by atoms with Crippen LogP contribution in [0.1, 0.15) is 37.6 Å². The van der Waals surface area contributed by atoms with E-state index in [4.69, 9.17) is 9.84 Å². The molecule has 116 valence electrons. The first-order valence-corrected chi connectivity index (χ1v) is 7.11. The van der Waals surface area contributed by atoms with Gasteiger partial charge < -0.3 is 15.2 Å². The second-order valence-electron chi connectivity index (χ2n) is 5.65. The van der Waals surface area contributed by atoms with Gasteiger partial charge in [0.15, 0.2) is 0 Å².